The second kappa shape index (κ2) is 8.04. The van der Waals surface area contributed by atoms with Crippen LogP contribution in [-0.2, 0) is 25.5 Å². The number of ether oxygens (including phenoxy) is 1. The van der Waals surface area contributed by atoms with Crippen molar-refractivity contribution in [2.24, 2.45) is 0 Å². The molecule has 0 fully saturated rings. The average Bonchev–Trinajstić information content (AvgIpc) is 2.66. The Bertz CT molecular complexity index is 967. The molecule has 0 radical (unpaired) electrons. The van der Waals surface area contributed by atoms with Gasteiger partial charge in [0, 0.05) is 11.3 Å². The summed E-state index contributed by atoms with van der Waals surface area (Å²) >= 11 is 0. The molecule has 1 aliphatic rings. The van der Waals surface area contributed by atoms with Crippen LogP contribution in [0.2, 0.25) is 0 Å². The van der Waals surface area contributed by atoms with Gasteiger partial charge in [-0.15, -0.1) is 0 Å². The van der Waals surface area contributed by atoms with Crippen LogP contribution < -0.4 is 5.32 Å². The molecule has 3 rings (SSSR count). The first-order valence-corrected chi connectivity index (χ1v) is 8.80. The van der Waals surface area contributed by atoms with Crippen LogP contribution in [0.25, 0.3) is 0 Å². The summed E-state index contributed by atoms with van der Waals surface area (Å²) in [7, 11) is 0. The van der Waals surface area contributed by atoms with E-state index in [-0.39, 0.29) is 6.42 Å². The molecule has 0 saturated carbocycles. The van der Waals surface area contributed by atoms with E-state index in [9.17, 15) is 19.2 Å². The predicted molar refractivity (Wildman–Crippen MR) is 102 cm³/mol. The standard InChI is InChI=1S/C21H20N2O5/c1-13-7-8-16(9-14(13)2)22-18(24)12-28-20(26)11-23-19(25)10-15-5-3-4-6-17(15)21(23)27/h3-9H,10-12H2,1-2H3,(H,22,24). The Morgan fingerprint density at radius 1 is 1.07 bits per heavy atom. The molecule has 0 spiro atoms. The van der Waals surface area contributed by atoms with Crippen LogP contribution in [0.3, 0.4) is 0 Å². The van der Waals surface area contributed by atoms with E-state index in [0.29, 0.717) is 16.8 Å². The molecule has 0 aromatic heterocycles. The minimum Gasteiger partial charge on any atom is -0.454 e. The number of carbonyl (C=O) groups excluding carboxylic acids is 4. The second-order valence-corrected chi connectivity index (χ2v) is 6.63. The monoisotopic (exact) mass is 380 g/mol. The summed E-state index contributed by atoms with van der Waals surface area (Å²) in [5.74, 6) is -2.34. The first kappa shape index (κ1) is 19.3. The van der Waals surface area contributed by atoms with Crippen LogP contribution >= 0.6 is 0 Å². The van der Waals surface area contributed by atoms with Crippen molar-refractivity contribution in [2.45, 2.75) is 20.3 Å². The van der Waals surface area contributed by atoms with E-state index in [2.05, 4.69) is 5.32 Å². The summed E-state index contributed by atoms with van der Waals surface area (Å²) in [4.78, 5) is 49.4. The highest BCUT2D eigenvalue weighted by Crippen LogP contribution is 2.19. The predicted octanol–water partition coefficient (Wildman–Crippen LogP) is 2.01. The first-order chi connectivity index (χ1) is 13.3. The number of hydrogen-bond acceptors (Lipinski definition) is 5. The Kier molecular flexibility index (Phi) is 5.54. The Labute approximate surface area is 162 Å². The van der Waals surface area contributed by atoms with Crippen molar-refractivity contribution in [3.8, 4) is 0 Å². The summed E-state index contributed by atoms with van der Waals surface area (Å²) in [5.41, 5.74) is 3.75. The third-order valence-electron chi connectivity index (χ3n) is 4.58. The molecule has 1 N–H and O–H groups in total. The average molecular weight is 380 g/mol. The van der Waals surface area contributed by atoms with E-state index in [1.165, 1.54) is 0 Å². The molecule has 1 heterocycles. The largest absolute Gasteiger partial charge is 0.454 e. The van der Waals surface area contributed by atoms with Gasteiger partial charge in [0.05, 0.1) is 6.42 Å². The molecule has 7 nitrogen and oxygen atoms in total. The lowest BCUT2D eigenvalue weighted by Crippen LogP contribution is -2.45. The third kappa shape index (κ3) is 4.25. The highest BCUT2D eigenvalue weighted by molar-refractivity contribution is 6.11. The SMILES string of the molecule is Cc1ccc(NC(=O)COC(=O)CN2C(=O)Cc3ccccc3C2=O)cc1C. The molecule has 1 aliphatic heterocycles. The molecule has 0 atom stereocenters. The van der Waals surface area contributed by atoms with Gasteiger partial charge in [-0.25, -0.2) is 0 Å². The lowest BCUT2D eigenvalue weighted by atomic mass is 9.98. The van der Waals surface area contributed by atoms with Gasteiger partial charge < -0.3 is 10.1 Å². The highest BCUT2D eigenvalue weighted by atomic mass is 16.5. The van der Waals surface area contributed by atoms with Crippen molar-refractivity contribution in [2.75, 3.05) is 18.5 Å². The zero-order valence-electron chi connectivity index (χ0n) is 15.7. The zero-order valence-corrected chi connectivity index (χ0v) is 15.7. The maximum atomic E-state index is 12.4. The normalized spacial score (nSPS) is 13.1. The van der Waals surface area contributed by atoms with Gasteiger partial charge in [0.2, 0.25) is 5.91 Å². The van der Waals surface area contributed by atoms with Crippen LogP contribution in [0.4, 0.5) is 5.69 Å². The number of benzene rings is 2. The minimum atomic E-state index is -0.823. The van der Waals surface area contributed by atoms with Crippen molar-refractivity contribution >= 4 is 29.4 Å². The van der Waals surface area contributed by atoms with Gasteiger partial charge in [0.15, 0.2) is 6.61 Å². The topological polar surface area (TPSA) is 92.8 Å². The summed E-state index contributed by atoms with van der Waals surface area (Å²) in [6.07, 6.45) is 0.0441. The molecule has 3 amide bonds. The van der Waals surface area contributed by atoms with Gasteiger partial charge in [-0.1, -0.05) is 24.3 Å². The van der Waals surface area contributed by atoms with E-state index in [4.69, 9.17) is 4.74 Å². The molecule has 2 aromatic carbocycles. The second-order valence-electron chi connectivity index (χ2n) is 6.63. The van der Waals surface area contributed by atoms with Gasteiger partial charge in [-0.2, -0.15) is 0 Å². The van der Waals surface area contributed by atoms with Gasteiger partial charge in [-0.3, -0.25) is 24.1 Å². The summed E-state index contributed by atoms with van der Waals surface area (Å²) in [6.45, 7) is 2.86. The van der Waals surface area contributed by atoms with Crippen LogP contribution in [-0.4, -0.2) is 41.7 Å². The zero-order chi connectivity index (χ0) is 20.3. The Hall–Kier alpha value is -3.48. The molecule has 0 bridgehead atoms. The van der Waals surface area contributed by atoms with E-state index < -0.39 is 36.8 Å². The molecular formula is C21H20N2O5. The maximum absolute atomic E-state index is 12.4. The van der Waals surface area contributed by atoms with Crippen molar-refractivity contribution in [1.29, 1.82) is 0 Å². The van der Waals surface area contributed by atoms with Crippen molar-refractivity contribution in [3.63, 3.8) is 0 Å². The number of esters is 1. The summed E-state index contributed by atoms with van der Waals surface area (Å²) in [6, 6.07) is 12.2. The molecule has 144 valence electrons. The number of carbonyl (C=O) groups is 4. The summed E-state index contributed by atoms with van der Waals surface area (Å²) < 4.78 is 4.92. The Morgan fingerprint density at radius 3 is 2.57 bits per heavy atom. The smallest absolute Gasteiger partial charge is 0.326 e. The molecule has 2 aromatic rings. The molecule has 0 aliphatic carbocycles. The number of nitrogens with one attached hydrogen (secondary N) is 1. The molecule has 28 heavy (non-hydrogen) atoms. The third-order valence-corrected chi connectivity index (χ3v) is 4.58. The maximum Gasteiger partial charge on any atom is 0.326 e. The van der Waals surface area contributed by atoms with Crippen molar-refractivity contribution in [1.82, 2.24) is 4.90 Å². The van der Waals surface area contributed by atoms with Crippen LogP contribution in [0, 0.1) is 13.8 Å². The van der Waals surface area contributed by atoms with E-state index >= 15 is 0 Å². The van der Waals surface area contributed by atoms with Crippen LogP contribution in [0.1, 0.15) is 27.0 Å². The van der Waals surface area contributed by atoms with Crippen LogP contribution in [0.15, 0.2) is 42.5 Å². The highest BCUT2D eigenvalue weighted by Gasteiger charge is 2.32. The quantitative estimate of drug-likeness (QED) is 0.633. The van der Waals surface area contributed by atoms with Gasteiger partial charge in [0.25, 0.3) is 11.8 Å². The van der Waals surface area contributed by atoms with E-state index in [0.717, 1.165) is 16.0 Å². The Morgan fingerprint density at radius 2 is 1.82 bits per heavy atom. The number of anilines is 1. The van der Waals surface area contributed by atoms with Gasteiger partial charge in [-0.05, 0) is 48.7 Å². The number of aryl methyl sites for hydroxylation is 2. The fourth-order valence-electron chi connectivity index (χ4n) is 2.90. The number of fused-ring (bicyclic) bond motifs is 1. The van der Waals surface area contributed by atoms with Crippen molar-refractivity contribution < 1.29 is 23.9 Å². The lowest BCUT2D eigenvalue weighted by molar-refractivity contribution is -0.150. The molecule has 0 unspecified atom stereocenters. The molecule has 7 heteroatoms. The minimum absolute atomic E-state index is 0.0441. The number of imide groups is 1. The fraction of sp³-hybridized carbons (Fsp3) is 0.238. The summed E-state index contributed by atoms with van der Waals surface area (Å²) in [5, 5.41) is 2.64. The van der Waals surface area contributed by atoms with Crippen molar-refractivity contribution in [3.05, 3.63) is 64.7 Å². The van der Waals surface area contributed by atoms with Gasteiger partial charge in [0.1, 0.15) is 6.54 Å². The van der Waals surface area contributed by atoms with Crippen LogP contribution in [0.5, 0.6) is 0 Å². The number of amides is 3. The molecular weight excluding hydrogens is 360 g/mol. The number of nitrogens with zero attached hydrogens (tertiary/aromatic N) is 1. The van der Waals surface area contributed by atoms with E-state index in [1.54, 1.807) is 30.3 Å². The Balaban J connectivity index is 1.54. The van der Waals surface area contributed by atoms with Gasteiger partial charge >= 0.3 is 5.97 Å². The first-order valence-electron chi connectivity index (χ1n) is 8.80. The fourth-order valence-corrected chi connectivity index (χ4v) is 2.90. The molecule has 0 saturated heterocycles. The van der Waals surface area contributed by atoms with E-state index in [1.807, 2.05) is 26.0 Å². The number of rotatable bonds is 5. The lowest BCUT2D eigenvalue weighted by Gasteiger charge is -2.25. The number of hydrogen-bond donors (Lipinski definition) is 1.